The van der Waals surface area contributed by atoms with E-state index < -0.39 is 0 Å². The Bertz CT molecular complexity index is 565. The molecule has 0 radical (unpaired) electrons. The Hall–Kier alpha value is -0.350. The van der Waals surface area contributed by atoms with Gasteiger partial charge in [0.05, 0.1) is 5.02 Å². The van der Waals surface area contributed by atoms with E-state index in [2.05, 4.69) is 15.9 Å². The van der Waals surface area contributed by atoms with Crippen LogP contribution in [-0.2, 0) is 6.42 Å². The monoisotopic (exact) mass is 348 g/mol. The first kappa shape index (κ1) is 13.1. The molecular formula is C12H7BrCl2OS. The fourth-order valence-electron chi connectivity index (χ4n) is 1.40. The molecular weight excluding hydrogens is 343 g/mol. The van der Waals surface area contributed by atoms with E-state index in [0.29, 0.717) is 22.0 Å². The summed E-state index contributed by atoms with van der Waals surface area (Å²) < 4.78 is 0.953. The molecule has 0 unspecified atom stereocenters. The highest BCUT2D eigenvalue weighted by molar-refractivity contribution is 9.10. The van der Waals surface area contributed by atoms with E-state index in [1.54, 1.807) is 18.2 Å². The standard InChI is InChI=1S/C12H7BrCl2OS/c13-9-3-4-17-12(9)6-11(16)8-5-7(14)1-2-10(8)15/h1-5H,6H2. The number of ketones is 1. The van der Waals surface area contributed by atoms with Crippen LogP contribution in [0.25, 0.3) is 0 Å². The molecule has 1 aromatic heterocycles. The molecule has 0 bridgehead atoms. The largest absolute Gasteiger partial charge is 0.294 e. The van der Waals surface area contributed by atoms with Gasteiger partial charge in [0.15, 0.2) is 5.78 Å². The van der Waals surface area contributed by atoms with Gasteiger partial charge in [-0.15, -0.1) is 11.3 Å². The molecule has 0 aliphatic rings. The SMILES string of the molecule is O=C(Cc1sccc1Br)c1cc(Cl)ccc1Cl. The third-order valence-corrected chi connectivity index (χ3v) is 4.73. The number of hydrogen-bond acceptors (Lipinski definition) is 2. The van der Waals surface area contributed by atoms with Gasteiger partial charge in [-0.1, -0.05) is 23.2 Å². The summed E-state index contributed by atoms with van der Waals surface area (Å²) in [6, 6.07) is 6.84. The summed E-state index contributed by atoms with van der Waals surface area (Å²) in [5, 5.41) is 2.89. The van der Waals surface area contributed by atoms with E-state index in [4.69, 9.17) is 23.2 Å². The Morgan fingerprint density at radius 2 is 2.06 bits per heavy atom. The summed E-state index contributed by atoms with van der Waals surface area (Å²) in [4.78, 5) is 13.1. The van der Waals surface area contributed by atoms with Gasteiger partial charge < -0.3 is 0 Å². The Balaban J connectivity index is 2.26. The Kier molecular flexibility index (Phi) is 4.26. The van der Waals surface area contributed by atoms with Gasteiger partial charge in [-0.3, -0.25) is 4.79 Å². The quantitative estimate of drug-likeness (QED) is 0.692. The van der Waals surface area contributed by atoms with Crippen molar-refractivity contribution < 1.29 is 4.79 Å². The van der Waals surface area contributed by atoms with Crippen molar-refractivity contribution in [1.82, 2.24) is 0 Å². The first-order chi connectivity index (χ1) is 8.08. The lowest BCUT2D eigenvalue weighted by Gasteiger charge is -2.03. The van der Waals surface area contributed by atoms with Gasteiger partial charge in [0.1, 0.15) is 0 Å². The van der Waals surface area contributed by atoms with Crippen molar-refractivity contribution in [3.05, 3.63) is 54.6 Å². The highest BCUT2D eigenvalue weighted by atomic mass is 79.9. The van der Waals surface area contributed by atoms with Crippen LogP contribution in [0, 0.1) is 0 Å². The molecule has 0 aliphatic heterocycles. The number of thiophene rings is 1. The molecule has 1 heterocycles. The number of rotatable bonds is 3. The van der Waals surface area contributed by atoms with Crippen LogP contribution >= 0.6 is 50.5 Å². The van der Waals surface area contributed by atoms with Gasteiger partial charge in [-0.25, -0.2) is 0 Å². The van der Waals surface area contributed by atoms with Crippen molar-refractivity contribution in [2.75, 3.05) is 0 Å². The first-order valence-electron chi connectivity index (χ1n) is 4.78. The Morgan fingerprint density at radius 1 is 1.29 bits per heavy atom. The average molecular weight is 350 g/mol. The smallest absolute Gasteiger partial charge is 0.169 e. The van der Waals surface area contributed by atoms with E-state index >= 15 is 0 Å². The number of carbonyl (C=O) groups excluding carboxylic acids is 1. The van der Waals surface area contributed by atoms with E-state index in [0.717, 1.165) is 9.35 Å². The normalized spacial score (nSPS) is 10.5. The number of benzene rings is 1. The van der Waals surface area contributed by atoms with Gasteiger partial charge in [-0.05, 0) is 45.6 Å². The second kappa shape index (κ2) is 5.53. The number of carbonyl (C=O) groups is 1. The fraction of sp³-hybridized carbons (Fsp3) is 0.0833. The third kappa shape index (κ3) is 3.10. The summed E-state index contributed by atoms with van der Waals surface area (Å²) in [6.07, 6.45) is 0.332. The predicted molar refractivity (Wildman–Crippen MR) is 76.5 cm³/mol. The summed E-state index contributed by atoms with van der Waals surface area (Å²) in [5.41, 5.74) is 0.472. The lowest BCUT2D eigenvalue weighted by Crippen LogP contribution is -2.03. The van der Waals surface area contributed by atoms with Crippen molar-refractivity contribution in [3.63, 3.8) is 0 Å². The molecule has 0 saturated carbocycles. The molecule has 2 rings (SSSR count). The highest BCUT2D eigenvalue weighted by Crippen LogP contribution is 2.27. The zero-order valence-corrected chi connectivity index (χ0v) is 12.5. The second-order valence-electron chi connectivity index (χ2n) is 3.42. The summed E-state index contributed by atoms with van der Waals surface area (Å²) in [7, 11) is 0. The fourth-order valence-corrected chi connectivity index (χ4v) is 3.29. The molecule has 0 spiro atoms. The van der Waals surface area contributed by atoms with Gasteiger partial charge in [-0.2, -0.15) is 0 Å². The van der Waals surface area contributed by atoms with Crippen molar-refractivity contribution in [1.29, 1.82) is 0 Å². The zero-order valence-electron chi connectivity index (χ0n) is 8.54. The third-order valence-electron chi connectivity index (χ3n) is 2.24. The van der Waals surface area contributed by atoms with Crippen molar-refractivity contribution in [2.24, 2.45) is 0 Å². The molecule has 0 aliphatic carbocycles. The maximum atomic E-state index is 12.1. The van der Waals surface area contributed by atoms with Gasteiger partial charge >= 0.3 is 0 Å². The van der Waals surface area contributed by atoms with Crippen LogP contribution in [0.1, 0.15) is 15.2 Å². The molecule has 0 fully saturated rings. The number of Topliss-reactive ketones (excluding diaryl/α,β-unsaturated/α-hetero) is 1. The minimum absolute atomic E-state index is 0.0272. The van der Waals surface area contributed by atoms with Crippen LogP contribution in [-0.4, -0.2) is 5.78 Å². The minimum atomic E-state index is -0.0272. The van der Waals surface area contributed by atoms with Crippen molar-refractivity contribution in [3.8, 4) is 0 Å². The molecule has 0 atom stereocenters. The number of hydrogen-bond donors (Lipinski definition) is 0. The molecule has 5 heteroatoms. The van der Waals surface area contributed by atoms with E-state index in [1.165, 1.54) is 11.3 Å². The molecule has 1 nitrogen and oxygen atoms in total. The van der Waals surface area contributed by atoms with Crippen molar-refractivity contribution >= 4 is 56.3 Å². The molecule has 1 aromatic carbocycles. The maximum absolute atomic E-state index is 12.1. The topological polar surface area (TPSA) is 17.1 Å². The average Bonchev–Trinajstić information content (AvgIpc) is 2.68. The summed E-state index contributed by atoms with van der Waals surface area (Å²) >= 11 is 16.8. The molecule has 0 amide bonds. The molecule has 0 N–H and O–H groups in total. The van der Waals surface area contributed by atoms with Gasteiger partial charge in [0, 0.05) is 26.4 Å². The van der Waals surface area contributed by atoms with E-state index in [-0.39, 0.29) is 5.78 Å². The second-order valence-corrected chi connectivity index (χ2v) is 6.11. The molecule has 88 valence electrons. The lowest BCUT2D eigenvalue weighted by atomic mass is 10.1. The van der Waals surface area contributed by atoms with Crippen molar-refractivity contribution in [2.45, 2.75) is 6.42 Å². The highest BCUT2D eigenvalue weighted by Gasteiger charge is 2.14. The van der Waals surface area contributed by atoms with Gasteiger partial charge in [0.25, 0.3) is 0 Å². The zero-order chi connectivity index (χ0) is 12.4. The van der Waals surface area contributed by atoms with E-state index in [1.807, 2.05) is 11.4 Å². The van der Waals surface area contributed by atoms with Crippen LogP contribution in [0.5, 0.6) is 0 Å². The van der Waals surface area contributed by atoms with Crippen LogP contribution < -0.4 is 0 Å². The van der Waals surface area contributed by atoms with E-state index in [9.17, 15) is 4.79 Å². The maximum Gasteiger partial charge on any atom is 0.169 e. The number of halogens is 3. The predicted octanol–water partition coefficient (Wildman–Crippen LogP) is 5.24. The van der Waals surface area contributed by atoms with Crippen LogP contribution in [0.4, 0.5) is 0 Å². The van der Waals surface area contributed by atoms with Gasteiger partial charge in [0.2, 0.25) is 0 Å². The van der Waals surface area contributed by atoms with Crippen LogP contribution in [0.3, 0.4) is 0 Å². The lowest BCUT2D eigenvalue weighted by molar-refractivity contribution is 0.0994. The summed E-state index contributed by atoms with van der Waals surface area (Å²) in [5.74, 6) is -0.0272. The minimum Gasteiger partial charge on any atom is -0.294 e. The molecule has 0 saturated heterocycles. The molecule has 17 heavy (non-hydrogen) atoms. The summed E-state index contributed by atoms with van der Waals surface area (Å²) in [6.45, 7) is 0. The first-order valence-corrected chi connectivity index (χ1v) is 7.21. The Labute approximate surface area is 121 Å². The van der Waals surface area contributed by atoms with Crippen LogP contribution in [0.2, 0.25) is 10.0 Å². The Morgan fingerprint density at radius 3 is 2.71 bits per heavy atom. The molecule has 2 aromatic rings. The van der Waals surface area contributed by atoms with Crippen LogP contribution in [0.15, 0.2) is 34.1 Å².